The van der Waals surface area contributed by atoms with E-state index >= 15 is 0 Å². The molecular weight excluding hydrogens is 404 g/mol. The summed E-state index contributed by atoms with van der Waals surface area (Å²) in [5.41, 5.74) is -0.0510. The molecule has 8 nitrogen and oxygen atoms in total. The average molecular weight is 439 g/mol. The van der Waals surface area contributed by atoms with Crippen molar-refractivity contribution in [2.24, 2.45) is 5.92 Å². The first-order valence-corrected chi connectivity index (χ1v) is 12.1. The van der Waals surface area contributed by atoms with Gasteiger partial charge in [0.2, 0.25) is 10.0 Å². The van der Waals surface area contributed by atoms with Crippen molar-refractivity contribution in [3.05, 3.63) is 28.3 Å². The number of hydrogen-bond donors (Lipinski definition) is 2. The van der Waals surface area contributed by atoms with Crippen LogP contribution in [0.2, 0.25) is 0 Å². The van der Waals surface area contributed by atoms with Gasteiger partial charge in [-0.3, -0.25) is 10.1 Å². The maximum absolute atomic E-state index is 13.1. The van der Waals surface area contributed by atoms with Crippen LogP contribution in [0.25, 0.3) is 0 Å². The van der Waals surface area contributed by atoms with Gasteiger partial charge in [0, 0.05) is 36.3 Å². The number of rotatable bonds is 5. The minimum Gasteiger partial charge on any atom is -0.377 e. The van der Waals surface area contributed by atoms with E-state index in [2.05, 4.69) is 38.3 Å². The van der Waals surface area contributed by atoms with Crippen LogP contribution in [0.15, 0.2) is 23.1 Å². The highest BCUT2D eigenvalue weighted by Crippen LogP contribution is 2.35. The number of piperidine rings is 2. The van der Waals surface area contributed by atoms with Crippen LogP contribution in [0, 0.1) is 16.0 Å². The van der Waals surface area contributed by atoms with E-state index in [9.17, 15) is 18.5 Å². The second-order valence-electron chi connectivity index (χ2n) is 10.2. The van der Waals surface area contributed by atoms with Gasteiger partial charge in [0.05, 0.1) is 9.82 Å². The van der Waals surface area contributed by atoms with Crippen LogP contribution in [0.5, 0.6) is 0 Å². The number of nitro groups is 1. The van der Waals surface area contributed by atoms with Gasteiger partial charge in [0.25, 0.3) is 5.69 Å². The number of benzene rings is 1. The highest BCUT2D eigenvalue weighted by molar-refractivity contribution is 7.89. The number of sulfonamides is 1. The molecular formula is C21H34N4O4S. The molecule has 0 unspecified atom stereocenters. The highest BCUT2D eigenvalue weighted by atomic mass is 32.2. The number of nitro benzene ring substituents is 1. The third-order valence-corrected chi connectivity index (χ3v) is 7.83. The number of nitrogens with zero attached hydrogens (tertiary/aromatic N) is 2. The molecule has 168 valence electrons. The molecule has 0 bridgehead atoms. The van der Waals surface area contributed by atoms with Crippen molar-refractivity contribution in [2.75, 3.05) is 18.4 Å². The molecule has 2 heterocycles. The van der Waals surface area contributed by atoms with Crippen molar-refractivity contribution < 1.29 is 13.3 Å². The van der Waals surface area contributed by atoms with Gasteiger partial charge in [-0.1, -0.05) is 6.92 Å². The van der Waals surface area contributed by atoms with E-state index in [-0.39, 0.29) is 33.6 Å². The molecule has 0 aromatic heterocycles. The zero-order chi connectivity index (χ0) is 22.3. The van der Waals surface area contributed by atoms with E-state index in [4.69, 9.17) is 0 Å². The molecule has 0 aliphatic carbocycles. The molecule has 2 aliphatic heterocycles. The Kier molecular flexibility index (Phi) is 6.19. The molecule has 2 N–H and O–H groups in total. The molecule has 3 rings (SSSR count). The smallest absolute Gasteiger partial charge is 0.293 e. The van der Waals surface area contributed by atoms with E-state index in [1.54, 1.807) is 6.07 Å². The summed E-state index contributed by atoms with van der Waals surface area (Å²) in [6.07, 6.45) is 3.42. The van der Waals surface area contributed by atoms with E-state index in [0.29, 0.717) is 18.8 Å². The van der Waals surface area contributed by atoms with Crippen LogP contribution in [-0.4, -0.2) is 47.9 Å². The fraction of sp³-hybridized carbons (Fsp3) is 0.714. The third-order valence-electron chi connectivity index (χ3n) is 5.97. The van der Waals surface area contributed by atoms with Crippen LogP contribution in [0.4, 0.5) is 11.4 Å². The minimum absolute atomic E-state index is 0.0141. The lowest BCUT2D eigenvalue weighted by Crippen LogP contribution is -2.60. The second kappa shape index (κ2) is 8.09. The van der Waals surface area contributed by atoms with Crippen LogP contribution < -0.4 is 10.6 Å². The molecule has 0 spiro atoms. The molecule has 1 atom stereocenters. The number of nitrogens with one attached hydrogen (secondary N) is 2. The first-order valence-electron chi connectivity index (χ1n) is 10.6. The van der Waals surface area contributed by atoms with E-state index < -0.39 is 14.9 Å². The predicted octanol–water partition coefficient (Wildman–Crippen LogP) is 3.74. The molecule has 1 aromatic carbocycles. The Balaban J connectivity index is 1.88. The van der Waals surface area contributed by atoms with Gasteiger partial charge in [-0.25, -0.2) is 8.42 Å². The van der Waals surface area contributed by atoms with E-state index in [1.807, 2.05) is 6.92 Å². The summed E-state index contributed by atoms with van der Waals surface area (Å²) < 4.78 is 27.6. The lowest BCUT2D eigenvalue weighted by atomic mass is 9.79. The topological polar surface area (TPSA) is 105 Å². The fourth-order valence-electron chi connectivity index (χ4n) is 5.10. The fourth-order valence-corrected chi connectivity index (χ4v) is 6.72. The lowest BCUT2D eigenvalue weighted by molar-refractivity contribution is -0.384. The summed E-state index contributed by atoms with van der Waals surface area (Å²) in [4.78, 5) is 11.3. The molecule has 2 saturated heterocycles. The van der Waals surface area contributed by atoms with Crippen molar-refractivity contribution in [3.8, 4) is 0 Å². The monoisotopic (exact) mass is 438 g/mol. The van der Waals surface area contributed by atoms with Crippen LogP contribution >= 0.6 is 0 Å². The largest absolute Gasteiger partial charge is 0.377 e. The van der Waals surface area contributed by atoms with Gasteiger partial charge in [-0.05, 0) is 71.4 Å². The molecule has 2 fully saturated rings. The molecule has 9 heteroatoms. The van der Waals surface area contributed by atoms with Gasteiger partial charge in [0.1, 0.15) is 5.69 Å². The zero-order valence-electron chi connectivity index (χ0n) is 18.6. The van der Waals surface area contributed by atoms with Gasteiger partial charge in [-0.2, -0.15) is 4.31 Å². The normalized spacial score (nSPS) is 25.0. The van der Waals surface area contributed by atoms with Crippen molar-refractivity contribution in [3.63, 3.8) is 0 Å². The average Bonchev–Trinajstić information content (AvgIpc) is 2.59. The van der Waals surface area contributed by atoms with Crippen molar-refractivity contribution in [1.82, 2.24) is 9.62 Å². The lowest BCUT2D eigenvalue weighted by Gasteiger charge is -2.46. The number of hydrogen-bond acceptors (Lipinski definition) is 6. The molecule has 2 aliphatic rings. The molecule has 0 saturated carbocycles. The van der Waals surface area contributed by atoms with Gasteiger partial charge in [0.15, 0.2) is 0 Å². The summed E-state index contributed by atoms with van der Waals surface area (Å²) in [7, 11) is -3.75. The first kappa shape index (κ1) is 23.0. The van der Waals surface area contributed by atoms with Gasteiger partial charge >= 0.3 is 0 Å². The molecule has 30 heavy (non-hydrogen) atoms. The van der Waals surface area contributed by atoms with Crippen LogP contribution in [0.1, 0.15) is 60.3 Å². The Hall–Kier alpha value is -1.71. The first-order chi connectivity index (χ1) is 13.8. The molecule has 1 aromatic rings. The van der Waals surface area contributed by atoms with Crippen molar-refractivity contribution >= 4 is 21.4 Å². The summed E-state index contributed by atoms with van der Waals surface area (Å²) in [6.45, 7) is 11.4. The Morgan fingerprint density at radius 3 is 2.40 bits per heavy atom. The SMILES string of the molecule is C[C@H]1CCCN(S(=O)(=O)c2ccc(NC3CC(C)(C)NC(C)(C)C3)c([N+](=O)[O-])c2)C1. The number of anilines is 1. The van der Waals surface area contributed by atoms with Gasteiger partial charge in [-0.15, -0.1) is 0 Å². The Morgan fingerprint density at radius 1 is 1.20 bits per heavy atom. The maximum atomic E-state index is 13.1. The molecule has 0 amide bonds. The minimum atomic E-state index is -3.75. The Bertz CT molecular complexity index is 898. The Morgan fingerprint density at radius 2 is 1.83 bits per heavy atom. The van der Waals surface area contributed by atoms with Crippen molar-refractivity contribution in [2.45, 2.75) is 82.3 Å². The summed E-state index contributed by atoms with van der Waals surface area (Å²) in [5, 5.41) is 18.7. The van der Waals surface area contributed by atoms with Crippen LogP contribution in [0.3, 0.4) is 0 Å². The predicted molar refractivity (Wildman–Crippen MR) is 118 cm³/mol. The maximum Gasteiger partial charge on any atom is 0.293 e. The molecule has 0 radical (unpaired) electrons. The van der Waals surface area contributed by atoms with E-state index in [1.165, 1.54) is 16.4 Å². The van der Waals surface area contributed by atoms with Crippen LogP contribution in [-0.2, 0) is 10.0 Å². The Labute approximate surface area is 179 Å². The summed E-state index contributed by atoms with van der Waals surface area (Å²) >= 11 is 0. The van der Waals surface area contributed by atoms with Gasteiger partial charge < -0.3 is 10.6 Å². The summed E-state index contributed by atoms with van der Waals surface area (Å²) in [5.74, 6) is 0.288. The highest BCUT2D eigenvalue weighted by Gasteiger charge is 2.38. The van der Waals surface area contributed by atoms with E-state index in [0.717, 1.165) is 25.7 Å². The summed E-state index contributed by atoms with van der Waals surface area (Å²) in [6, 6.07) is 4.27. The standard InChI is InChI=1S/C21H34N4O4S/c1-15-7-6-10-24(14-15)30(28,29)17-8-9-18(19(11-17)25(26)27)22-16-12-20(2,3)23-21(4,5)13-16/h8-9,11,15-16,22-23H,6-7,10,12-14H2,1-5H3/t15-/m0/s1. The third kappa shape index (κ3) is 5.12. The second-order valence-corrected chi connectivity index (χ2v) is 12.1. The quantitative estimate of drug-likeness (QED) is 0.536. The van der Waals surface area contributed by atoms with Crippen molar-refractivity contribution in [1.29, 1.82) is 0 Å². The zero-order valence-corrected chi connectivity index (χ0v) is 19.4.